The van der Waals surface area contributed by atoms with E-state index in [2.05, 4.69) is 65.4 Å². The molecule has 1 aromatic heterocycles. The lowest BCUT2D eigenvalue weighted by Crippen LogP contribution is -2.17. The largest absolute Gasteiger partial charge is 0.458 e. The average Bonchev–Trinajstić information content (AvgIpc) is 2.83. The Morgan fingerprint density at radius 1 is 1.05 bits per heavy atom. The molecule has 2 aromatic carbocycles. The maximum Gasteiger partial charge on any atom is 0.148 e. The molecule has 21 heavy (non-hydrogen) atoms. The van der Waals surface area contributed by atoms with Crippen molar-refractivity contribution in [1.29, 1.82) is 0 Å². The first-order valence-electron chi connectivity index (χ1n) is 7.02. The van der Waals surface area contributed by atoms with Crippen LogP contribution in [0, 0.1) is 13.8 Å². The van der Waals surface area contributed by atoms with Gasteiger partial charge < -0.3 is 9.73 Å². The monoisotopic (exact) mass is 343 g/mol. The van der Waals surface area contributed by atoms with Crippen LogP contribution >= 0.6 is 15.9 Å². The number of nitrogens with one attached hydrogen (secondary N) is 1. The number of aryl methyl sites for hydroxylation is 2. The predicted molar refractivity (Wildman–Crippen MR) is 90.7 cm³/mol. The summed E-state index contributed by atoms with van der Waals surface area (Å²) in [5, 5.41) is 4.48. The van der Waals surface area contributed by atoms with Gasteiger partial charge in [0.2, 0.25) is 0 Å². The molecule has 0 spiro atoms. The van der Waals surface area contributed by atoms with E-state index in [0.29, 0.717) is 0 Å². The second-order valence-electron chi connectivity index (χ2n) is 5.45. The lowest BCUT2D eigenvalue weighted by Gasteiger charge is -2.15. The molecule has 1 heterocycles. The molecule has 1 atom stereocenters. The van der Waals surface area contributed by atoms with Crippen molar-refractivity contribution in [3.8, 4) is 0 Å². The predicted octanol–water partition coefficient (Wildman–Crippen LogP) is 5.12. The maximum absolute atomic E-state index is 6.08. The van der Waals surface area contributed by atoms with E-state index in [1.165, 1.54) is 16.7 Å². The molecule has 0 amide bonds. The first-order chi connectivity index (χ1) is 10.1. The molecular weight excluding hydrogens is 326 g/mol. The quantitative estimate of drug-likeness (QED) is 0.713. The standard InChI is InChI=1S/C18H18BrNO/c1-11-7-12(2)9-14(8-11)17(20-3)16-10-13-5-4-6-15(19)18(13)21-16/h4-10,17,20H,1-3H3. The van der Waals surface area contributed by atoms with Gasteiger partial charge in [-0.3, -0.25) is 0 Å². The highest BCUT2D eigenvalue weighted by atomic mass is 79.9. The molecule has 108 valence electrons. The van der Waals surface area contributed by atoms with E-state index in [0.717, 1.165) is 21.2 Å². The minimum Gasteiger partial charge on any atom is -0.458 e. The van der Waals surface area contributed by atoms with Crippen LogP contribution in [0.2, 0.25) is 0 Å². The zero-order chi connectivity index (χ0) is 15.0. The summed E-state index contributed by atoms with van der Waals surface area (Å²) in [6.07, 6.45) is 0. The van der Waals surface area contributed by atoms with Crippen LogP contribution in [0.4, 0.5) is 0 Å². The second-order valence-corrected chi connectivity index (χ2v) is 6.30. The van der Waals surface area contributed by atoms with E-state index in [-0.39, 0.29) is 6.04 Å². The molecule has 0 fully saturated rings. The fourth-order valence-corrected chi connectivity index (χ4v) is 3.30. The Kier molecular flexibility index (Phi) is 3.87. The third kappa shape index (κ3) is 2.76. The van der Waals surface area contributed by atoms with Crippen molar-refractivity contribution in [2.45, 2.75) is 19.9 Å². The number of para-hydroxylation sites is 1. The Labute approximate surface area is 133 Å². The van der Waals surface area contributed by atoms with Crippen molar-refractivity contribution < 1.29 is 4.42 Å². The molecule has 0 saturated carbocycles. The summed E-state index contributed by atoms with van der Waals surface area (Å²) < 4.78 is 7.06. The number of hydrogen-bond donors (Lipinski definition) is 1. The smallest absolute Gasteiger partial charge is 0.148 e. The lowest BCUT2D eigenvalue weighted by atomic mass is 9.99. The SMILES string of the molecule is CNC(c1cc(C)cc(C)c1)c1cc2cccc(Br)c2o1. The molecule has 0 saturated heterocycles. The van der Waals surface area contributed by atoms with E-state index < -0.39 is 0 Å². The number of rotatable bonds is 3. The number of benzene rings is 2. The van der Waals surface area contributed by atoms with E-state index >= 15 is 0 Å². The van der Waals surface area contributed by atoms with E-state index in [9.17, 15) is 0 Å². The topological polar surface area (TPSA) is 25.2 Å². The zero-order valence-electron chi connectivity index (χ0n) is 12.4. The van der Waals surface area contributed by atoms with Gasteiger partial charge in [-0.1, -0.05) is 41.5 Å². The fourth-order valence-electron chi connectivity index (χ4n) is 2.84. The Morgan fingerprint density at radius 3 is 2.38 bits per heavy atom. The molecule has 0 aliphatic heterocycles. The first-order valence-corrected chi connectivity index (χ1v) is 7.81. The van der Waals surface area contributed by atoms with Crippen LogP contribution in [-0.2, 0) is 0 Å². The summed E-state index contributed by atoms with van der Waals surface area (Å²) in [6.45, 7) is 4.25. The van der Waals surface area contributed by atoms with Crippen molar-refractivity contribution in [3.05, 3.63) is 69.4 Å². The Morgan fingerprint density at radius 2 is 1.76 bits per heavy atom. The molecule has 2 nitrogen and oxygen atoms in total. The van der Waals surface area contributed by atoms with Gasteiger partial charge in [-0.2, -0.15) is 0 Å². The zero-order valence-corrected chi connectivity index (χ0v) is 14.0. The van der Waals surface area contributed by atoms with E-state index in [1.807, 2.05) is 19.2 Å². The molecule has 0 radical (unpaired) electrons. The van der Waals surface area contributed by atoms with E-state index in [1.54, 1.807) is 0 Å². The minimum absolute atomic E-state index is 0.0582. The van der Waals surface area contributed by atoms with Gasteiger partial charge >= 0.3 is 0 Å². The normalized spacial score (nSPS) is 12.8. The molecule has 3 rings (SSSR count). The average molecular weight is 344 g/mol. The van der Waals surface area contributed by atoms with E-state index in [4.69, 9.17) is 4.42 Å². The highest BCUT2D eigenvalue weighted by molar-refractivity contribution is 9.10. The summed E-state index contributed by atoms with van der Waals surface area (Å²) in [5.41, 5.74) is 4.66. The fraction of sp³-hybridized carbons (Fsp3) is 0.222. The lowest BCUT2D eigenvalue weighted by molar-refractivity contribution is 0.490. The van der Waals surface area contributed by atoms with Gasteiger partial charge in [0.05, 0.1) is 10.5 Å². The number of halogens is 1. The van der Waals surface area contributed by atoms with Crippen LogP contribution in [-0.4, -0.2) is 7.05 Å². The van der Waals surface area contributed by atoms with Crippen molar-refractivity contribution in [2.75, 3.05) is 7.05 Å². The summed E-state index contributed by atoms with van der Waals surface area (Å²) >= 11 is 3.55. The molecule has 0 bridgehead atoms. The molecular formula is C18H18BrNO. The van der Waals surface area contributed by atoms with Crippen molar-refractivity contribution >= 4 is 26.9 Å². The van der Waals surface area contributed by atoms with Gasteiger partial charge in [0.1, 0.15) is 11.3 Å². The van der Waals surface area contributed by atoms with Gasteiger partial charge in [-0.25, -0.2) is 0 Å². The molecule has 1 unspecified atom stereocenters. The molecule has 1 N–H and O–H groups in total. The van der Waals surface area contributed by atoms with Gasteiger partial charge in [0.25, 0.3) is 0 Å². The maximum atomic E-state index is 6.08. The first kappa shape index (κ1) is 14.4. The summed E-state index contributed by atoms with van der Waals surface area (Å²) in [5.74, 6) is 0.935. The highest BCUT2D eigenvalue weighted by Gasteiger charge is 2.18. The van der Waals surface area contributed by atoms with Crippen LogP contribution in [0.25, 0.3) is 11.0 Å². The van der Waals surface area contributed by atoms with Crippen molar-refractivity contribution in [2.24, 2.45) is 0 Å². The van der Waals surface area contributed by atoms with Crippen molar-refractivity contribution in [1.82, 2.24) is 5.32 Å². The third-order valence-corrected chi connectivity index (χ3v) is 4.29. The highest BCUT2D eigenvalue weighted by Crippen LogP contribution is 2.32. The summed E-state index contributed by atoms with van der Waals surface area (Å²) in [7, 11) is 1.96. The van der Waals surface area contributed by atoms with Gasteiger partial charge in [-0.15, -0.1) is 0 Å². The van der Waals surface area contributed by atoms with Gasteiger partial charge in [0, 0.05) is 5.39 Å². The minimum atomic E-state index is 0.0582. The number of fused-ring (bicyclic) bond motifs is 1. The Hall–Kier alpha value is -1.58. The van der Waals surface area contributed by atoms with Crippen LogP contribution in [0.1, 0.15) is 28.5 Å². The third-order valence-electron chi connectivity index (χ3n) is 3.67. The Bertz CT molecular complexity index is 771. The summed E-state index contributed by atoms with van der Waals surface area (Å²) in [4.78, 5) is 0. The number of furan rings is 1. The molecule has 0 aliphatic carbocycles. The second kappa shape index (κ2) is 5.66. The van der Waals surface area contributed by atoms with Gasteiger partial charge in [0.15, 0.2) is 0 Å². The van der Waals surface area contributed by atoms with Crippen LogP contribution in [0.3, 0.4) is 0 Å². The van der Waals surface area contributed by atoms with Crippen LogP contribution < -0.4 is 5.32 Å². The molecule has 3 aromatic rings. The van der Waals surface area contributed by atoms with Crippen molar-refractivity contribution in [3.63, 3.8) is 0 Å². The van der Waals surface area contributed by atoms with Gasteiger partial charge in [-0.05, 0) is 54.5 Å². The molecule has 3 heteroatoms. The Balaban J connectivity index is 2.11. The summed E-state index contributed by atoms with van der Waals surface area (Å²) in [6, 6.07) is 14.9. The molecule has 0 aliphatic rings. The van der Waals surface area contributed by atoms with Crippen LogP contribution in [0.5, 0.6) is 0 Å². The van der Waals surface area contributed by atoms with Crippen LogP contribution in [0.15, 0.2) is 51.4 Å². The number of hydrogen-bond acceptors (Lipinski definition) is 2.